The highest BCUT2D eigenvalue weighted by molar-refractivity contribution is 5.50. The molecule has 78 valence electrons. The van der Waals surface area contributed by atoms with Crippen LogP contribution in [0.2, 0.25) is 0 Å². The molecule has 14 heavy (non-hydrogen) atoms. The number of halogens is 1. The van der Waals surface area contributed by atoms with E-state index < -0.39 is 5.60 Å². The van der Waals surface area contributed by atoms with Crippen LogP contribution < -0.4 is 5.73 Å². The number of benzene rings is 1. The molecule has 2 nitrogen and oxygen atoms in total. The van der Waals surface area contributed by atoms with Crippen LogP contribution in [0.3, 0.4) is 0 Å². The van der Waals surface area contributed by atoms with E-state index in [1.165, 1.54) is 12.1 Å². The molecule has 0 amide bonds. The summed E-state index contributed by atoms with van der Waals surface area (Å²) in [6, 6.07) is 4.12. The Balaban J connectivity index is 3.17. The van der Waals surface area contributed by atoms with Crippen LogP contribution in [0.4, 0.5) is 10.1 Å². The summed E-state index contributed by atoms with van der Waals surface area (Å²) in [5.74, 6) is -0.374. The fourth-order valence-corrected chi connectivity index (χ4v) is 1.59. The maximum absolute atomic E-state index is 12.8. The Bertz CT molecular complexity index is 321. The van der Waals surface area contributed by atoms with Gasteiger partial charge in [-0.3, -0.25) is 0 Å². The van der Waals surface area contributed by atoms with Gasteiger partial charge in [0.1, 0.15) is 5.82 Å². The Kier molecular flexibility index (Phi) is 3.11. The lowest BCUT2D eigenvalue weighted by Crippen LogP contribution is -2.24. The summed E-state index contributed by atoms with van der Waals surface area (Å²) >= 11 is 0. The SMILES string of the molecule is CCC(O)(CC)c1ccc(F)cc1N. The van der Waals surface area contributed by atoms with Crippen molar-refractivity contribution < 1.29 is 9.50 Å². The van der Waals surface area contributed by atoms with Crippen molar-refractivity contribution in [3.63, 3.8) is 0 Å². The van der Waals surface area contributed by atoms with Crippen molar-refractivity contribution in [1.82, 2.24) is 0 Å². The van der Waals surface area contributed by atoms with Crippen molar-refractivity contribution >= 4 is 5.69 Å². The number of hydrogen-bond donors (Lipinski definition) is 2. The first-order valence-corrected chi connectivity index (χ1v) is 4.81. The van der Waals surface area contributed by atoms with E-state index in [4.69, 9.17) is 5.73 Å². The van der Waals surface area contributed by atoms with Crippen molar-refractivity contribution in [2.45, 2.75) is 32.3 Å². The molecule has 0 aromatic heterocycles. The predicted octanol–water partition coefficient (Wildman–Crippen LogP) is 2.42. The topological polar surface area (TPSA) is 46.2 Å². The Morgan fingerprint density at radius 3 is 2.36 bits per heavy atom. The first kappa shape index (κ1) is 11.0. The Labute approximate surface area is 83.6 Å². The lowest BCUT2D eigenvalue weighted by atomic mass is 9.87. The normalized spacial score (nSPS) is 11.7. The summed E-state index contributed by atoms with van der Waals surface area (Å²) in [7, 11) is 0. The zero-order valence-electron chi connectivity index (χ0n) is 8.55. The Hall–Kier alpha value is -1.09. The molecule has 0 bridgehead atoms. The molecule has 0 heterocycles. The van der Waals surface area contributed by atoms with E-state index in [1.807, 2.05) is 13.8 Å². The van der Waals surface area contributed by atoms with Gasteiger partial charge in [-0.1, -0.05) is 19.9 Å². The second-order valence-corrected chi connectivity index (χ2v) is 3.47. The van der Waals surface area contributed by atoms with E-state index in [2.05, 4.69) is 0 Å². The summed E-state index contributed by atoms with van der Waals surface area (Å²) in [5.41, 5.74) is 5.66. The molecular formula is C11H16FNO. The quantitative estimate of drug-likeness (QED) is 0.731. The van der Waals surface area contributed by atoms with E-state index in [-0.39, 0.29) is 5.82 Å². The van der Waals surface area contributed by atoms with Gasteiger partial charge in [-0.25, -0.2) is 4.39 Å². The van der Waals surface area contributed by atoms with Crippen molar-refractivity contribution in [3.05, 3.63) is 29.6 Å². The molecule has 3 N–H and O–H groups in total. The maximum atomic E-state index is 12.8. The average Bonchev–Trinajstić information content (AvgIpc) is 2.17. The van der Waals surface area contributed by atoms with Crippen molar-refractivity contribution in [2.24, 2.45) is 0 Å². The molecule has 1 aromatic carbocycles. The number of anilines is 1. The molecular weight excluding hydrogens is 181 g/mol. The molecule has 0 fully saturated rings. The smallest absolute Gasteiger partial charge is 0.125 e. The van der Waals surface area contributed by atoms with Gasteiger partial charge in [-0.2, -0.15) is 0 Å². The van der Waals surface area contributed by atoms with E-state index in [0.717, 1.165) is 0 Å². The predicted molar refractivity (Wildman–Crippen MR) is 55.3 cm³/mol. The summed E-state index contributed by atoms with van der Waals surface area (Å²) in [5, 5.41) is 10.2. The van der Waals surface area contributed by atoms with Crippen LogP contribution in [0.25, 0.3) is 0 Å². The van der Waals surface area contributed by atoms with E-state index >= 15 is 0 Å². The van der Waals surface area contributed by atoms with E-state index in [1.54, 1.807) is 6.07 Å². The lowest BCUT2D eigenvalue weighted by molar-refractivity contribution is 0.0291. The molecule has 0 atom stereocenters. The Morgan fingerprint density at radius 2 is 1.93 bits per heavy atom. The number of nitrogens with two attached hydrogens (primary N) is 1. The van der Waals surface area contributed by atoms with Gasteiger partial charge in [0.05, 0.1) is 5.60 Å². The molecule has 0 aliphatic carbocycles. The largest absolute Gasteiger partial charge is 0.398 e. The first-order valence-electron chi connectivity index (χ1n) is 4.81. The number of aliphatic hydroxyl groups is 1. The van der Waals surface area contributed by atoms with Crippen molar-refractivity contribution in [3.8, 4) is 0 Å². The van der Waals surface area contributed by atoms with Crippen LogP contribution in [0.5, 0.6) is 0 Å². The van der Waals surface area contributed by atoms with Crippen LogP contribution in [0, 0.1) is 5.82 Å². The lowest BCUT2D eigenvalue weighted by Gasteiger charge is -2.27. The highest BCUT2D eigenvalue weighted by Crippen LogP contribution is 2.32. The molecule has 0 saturated carbocycles. The molecule has 0 aliphatic rings. The third-order valence-corrected chi connectivity index (χ3v) is 2.68. The summed E-state index contributed by atoms with van der Waals surface area (Å²) in [4.78, 5) is 0. The highest BCUT2D eigenvalue weighted by atomic mass is 19.1. The van der Waals surface area contributed by atoms with Crippen molar-refractivity contribution in [1.29, 1.82) is 0 Å². The van der Waals surface area contributed by atoms with Crippen LogP contribution in [0.1, 0.15) is 32.3 Å². The molecule has 0 spiro atoms. The molecule has 1 rings (SSSR count). The van der Waals surface area contributed by atoms with Gasteiger partial charge in [0.15, 0.2) is 0 Å². The minimum Gasteiger partial charge on any atom is -0.398 e. The standard InChI is InChI=1S/C11H16FNO/c1-3-11(14,4-2)9-6-5-8(12)7-10(9)13/h5-7,14H,3-4,13H2,1-2H3. The Morgan fingerprint density at radius 1 is 1.36 bits per heavy atom. The fraction of sp³-hybridized carbons (Fsp3) is 0.455. The first-order chi connectivity index (χ1) is 6.53. The van der Waals surface area contributed by atoms with Gasteiger partial charge in [0, 0.05) is 11.3 Å². The molecule has 0 unspecified atom stereocenters. The maximum Gasteiger partial charge on any atom is 0.125 e. The summed E-state index contributed by atoms with van der Waals surface area (Å²) < 4.78 is 12.8. The third kappa shape index (κ3) is 1.87. The monoisotopic (exact) mass is 197 g/mol. The zero-order valence-corrected chi connectivity index (χ0v) is 8.55. The number of rotatable bonds is 3. The van der Waals surface area contributed by atoms with Crippen LogP contribution in [-0.2, 0) is 5.60 Å². The second kappa shape index (κ2) is 3.96. The van der Waals surface area contributed by atoms with Gasteiger partial charge in [0.2, 0.25) is 0 Å². The van der Waals surface area contributed by atoms with E-state index in [0.29, 0.717) is 24.1 Å². The number of hydrogen-bond acceptors (Lipinski definition) is 2. The average molecular weight is 197 g/mol. The minimum atomic E-state index is -0.933. The fourth-order valence-electron chi connectivity index (χ4n) is 1.59. The van der Waals surface area contributed by atoms with Gasteiger partial charge in [0.25, 0.3) is 0 Å². The van der Waals surface area contributed by atoms with E-state index in [9.17, 15) is 9.50 Å². The van der Waals surface area contributed by atoms with Crippen LogP contribution >= 0.6 is 0 Å². The van der Waals surface area contributed by atoms with Crippen LogP contribution in [-0.4, -0.2) is 5.11 Å². The summed E-state index contributed by atoms with van der Waals surface area (Å²) in [6.07, 6.45) is 1.14. The molecule has 0 aliphatic heterocycles. The molecule has 3 heteroatoms. The second-order valence-electron chi connectivity index (χ2n) is 3.47. The highest BCUT2D eigenvalue weighted by Gasteiger charge is 2.26. The molecule has 0 radical (unpaired) electrons. The minimum absolute atomic E-state index is 0.316. The molecule has 1 aromatic rings. The van der Waals surface area contributed by atoms with Gasteiger partial charge >= 0.3 is 0 Å². The van der Waals surface area contributed by atoms with Gasteiger partial charge in [-0.15, -0.1) is 0 Å². The number of nitrogen functional groups attached to an aromatic ring is 1. The third-order valence-electron chi connectivity index (χ3n) is 2.68. The van der Waals surface area contributed by atoms with Gasteiger partial charge in [-0.05, 0) is 25.0 Å². The van der Waals surface area contributed by atoms with Crippen molar-refractivity contribution in [2.75, 3.05) is 5.73 Å². The van der Waals surface area contributed by atoms with Gasteiger partial charge < -0.3 is 10.8 Å². The molecule has 0 saturated heterocycles. The summed E-state index contributed by atoms with van der Waals surface area (Å²) in [6.45, 7) is 3.76. The zero-order chi connectivity index (χ0) is 10.8. The van der Waals surface area contributed by atoms with Crippen LogP contribution in [0.15, 0.2) is 18.2 Å².